The van der Waals surface area contributed by atoms with Gasteiger partial charge in [0.1, 0.15) is 5.75 Å². The molecule has 0 aromatic heterocycles. The fourth-order valence-corrected chi connectivity index (χ4v) is 2.54. The Hall–Kier alpha value is -1.55. The van der Waals surface area contributed by atoms with E-state index in [2.05, 4.69) is 10.6 Å². The monoisotopic (exact) mass is 276 g/mol. The summed E-state index contributed by atoms with van der Waals surface area (Å²) >= 11 is 0. The lowest BCUT2D eigenvalue weighted by molar-refractivity contribution is -0.124. The molecule has 4 heteroatoms. The molecule has 1 aliphatic heterocycles. The summed E-state index contributed by atoms with van der Waals surface area (Å²) in [6.07, 6.45) is 5.05. The van der Waals surface area contributed by atoms with Gasteiger partial charge in [0, 0.05) is 6.04 Å². The molecule has 0 aliphatic carbocycles. The second-order valence-corrected chi connectivity index (χ2v) is 5.62. The first-order valence-corrected chi connectivity index (χ1v) is 7.47. The number of rotatable bonds is 5. The average Bonchev–Trinajstić information content (AvgIpc) is 2.47. The van der Waals surface area contributed by atoms with E-state index in [4.69, 9.17) is 0 Å². The number of amides is 1. The first-order valence-electron chi connectivity index (χ1n) is 7.47. The zero-order valence-electron chi connectivity index (χ0n) is 12.1. The number of hydrogen-bond donors (Lipinski definition) is 3. The van der Waals surface area contributed by atoms with E-state index in [-0.39, 0.29) is 18.0 Å². The summed E-state index contributed by atoms with van der Waals surface area (Å²) < 4.78 is 0. The molecule has 1 amide bonds. The standard InChI is InChI=1S/C16H24N2O2/c1-12(5-6-13-7-9-14(19)10-8-13)18-16(20)15-4-2-3-11-17-15/h7-10,12,15,17,19H,2-6,11H2,1H3,(H,18,20)/t12?,15-/m1/s1. The second kappa shape index (κ2) is 7.29. The van der Waals surface area contributed by atoms with Crippen LogP contribution in [-0.4, -0.2) is 29.6 Å². The molecular weight excluding hydrogens is 252 g/mol. The summed E-state index contributed by atoms with van der Waals surface area (Å²) in [4.78, 5) is 12.1. The van der Waals surface area contributed by atoms with Crippen LogP contribution in [0.5, 0.6) is 5.75 Å². The van der Waals surface area contributed by atoms with E-state index in [1.807, 2.05) is 19.1 Å². The van der Waals surface area contributed by atoms with Crippen molar-refractivity contribution in [3.05, 3.63) is 29.8 Å². The van der Waals surface area contributed by atoms with Crippen molar-refractivity contribution in [2.45, 2.75) is 51.1 Å². The lowest BCUT2D eigenvalue weighted by Crippen LogP contribution is -2.49. The number of carbonyl (C=O) groups excluding carboxylic acids is 1. The predicted octanol–water partition coefficient (Wildman–Crippen LogP) is 1.97. The van der Waals surface area contributed by atoms with Gasteiger partial charge in [0.25, 0.3) is 0 Å². The first-order chi connectivity index (χ1) is 9.65. The fraction of sp³-hybridized carbons (Fsp3) is 0.562. The van der Waals surface area contributed by atoms with Gasteiger partial charge in [-0.3, -0.25) is 4.79 Å². The molecule has 1 aliphatic rings. The maximum atomic E-state index is 12.1. The van der Waals surface area contributed by atoms with E-state index >= 15 is 0 Å². The fourth-order valence-electron chi connectivity index (χ4n) is 2.54. The highest BCUT2D eigenvalue weighted by molar-refractivity contribution is 5.82. The van der Waals surface area contributed by atoms with Crippen LogP contribution in [-0.2, 0) is 11.2 Å². The van der Waals surface area contributed by atoms with Gasteiger partial charge in [-0.25, -0.2) is 0 Å². The minimum absolute atomic E-state index is 0.0140. The van der Waals surface area contributed by atoms with Gasteiger partial charge < -0.3 is 15.7 Å². The molecule has 20 heavy (non-hydrogen) atoms. The Kier molecular flexibility index (Phi) is 5.41. The molecule has 3 N–H and O–H groups in total. The lowest BCUT2D eigenvalue weighted by Gasteiger charge is -2.24. The van der Waals surface area contributed by atoms with Crippen LogP contribution in [0.25, 0.3) is 0 Å². The van der Waals surface area contributed by atoms with E-state index in [1.165, 1.54) is 12.0 Å². The molecule has 1 unspecified atom stereocenters. The molecule has 0 radical (unpaired) electrons. The molecule has 1 saturated heterocycles. The number of aromatic hydroxyl groups is 1. The Bertz CT molecular complexity index is 425. The van der Waals surface area contributed by atoms with Gasteiger partial charge in [0.05, 0.1) is 6.04 Å². The van der Waals surface area contributed by atoms with Gasteiger partial charge in [-0.2, -0.15) is 0 Å². The third-order valence-electron chi connectivity index (χ3n) is 3.82. The number of carbonyl (C=O) groups is 1. The van der Waals surface area contributed by atoms with E-state index in [1.54, 1.807) is 12.1 Å². The molecular formula is C16H24N2O2. The molecule has 1 aromatic rings. The Morgan fingerprint density at radius 2 is 2.15 bits per heavy atom. The number of piperidine rings is 1. The summed E-state index contributed by atoms with van der Waals surface area (Å²) in [5, 5.41) is 15.6. The van der Waals surface area contributed by atoms with Crippen molar-refractivity contribution in [3.63, 3.8) is 0 Å². The number of hydrogen-bond acceptors (Lipinski definition) is 3. The minimum atomic E-state index is -0.0140. The number of benzene rings is 1. The Labute approximate surface area is 120 Å². The van der Waals surface area contributed by atoms with Crippen LogP contribution in [0.3, 0.4) is 0 Å². The van der Waals surface area contributed by atoms with Gasteiger partial charge in [0.15, 0.2) is 0 Å². The van der Waals surface area contributed by atoms with E-state index in [9.17, 15) is 9.90 Å². The quantitative estimate of drug-likeness (QED) is 0.770. The van der Waals surface area contributed by atoms with Crippen molar-refractivity contribution in [1.82, 2.24) is 10.6 Å². The molecule has 1 fully saturated rings. The lowest BCUT2D eigenvalue weighted by atomic mass is 10.0. The van der Waals surface area contributed by atoms with E-state index < -0.39 is 0 Å². The topological polar surface area (TPSA) is 61.4 Å². The summed E-state index contributed by atoms with van der Waals surface area (Å²) in [6, 6.07) is 7.40. The summed E-state index contributed by atoms with van der Waals surface area (Å²) in [7, 11) is 0. The van der Waals surface area contributed by atoms with Crippen molar-refractivity contribution in [1.29, 1.82) is 0 Å². The number of phenolic OH excluding ortho intramolecular Hbond substituents is 1. The minimum Gasteiger partial charge on any atom is -0.508 e. The zero-order valence-corrected chi connectivity index (χ0v) is 12.1. The zero-order chi connectivity index (χ0) is 14.4. The molecule has 110 valence electrons. The van der Waals surface area contributed by atoms with Crippen LogP contribution in [0.4, 0.5) is 0 Å². The summed E-state index contributed by atoms with van der Waals surface area (Å²) in [6.45, 7) is 2.99. The maximum Gasteiger partial charge on any atom is 0.237 e. The van der Waals surface area contributed by atoms with Crippen LogP contribution >= 0.6 is 0 Å². The highest BCUT2D eigenvalue weighted by Crippen LogP contribution is 2.12. The van der Waals surface area contributed by atoms with Crippen LogP contribution in [0.2, 0.25) is 0 Å². The SMILES string of the molecule is CC(CCc1ccc(O)cc1)NC(=O)[C@H]1CCCCN1. The van der Waals surface area contributed by atoms with Crippen LogP contribution in [0.1, 0.15) is 38.2 Å². The van der Waals surface area contributed by atoms with Gasteiger partial charge in [-0.1, -0.05) is 18.6 Å². The maximum absolute atomic E-state index is 12.1. The van der Waals surface area contributed by atoms with Gasteiger partial charge >= 0.3 is 0 Å². The van der Waals surface area contributed by atoms with Crippen molar-refractivity contribution < 1.29 is 9.90 Å². The molecule has 1 heterocycles. The predicted molar refractivity (Wildman–Crippen MR) is 79.7 cm³/mol. The summed E-state index contributed by atoms with van der Waals surface area (Å²) in [5.41, 5.74) is 1.18. The van der Waals surface area contributed by atoms with Crippen LogP contribution in [0, 0.1) is 0 Å². The Balaban J connectivity index is 1.73. The van der Waals surface area contributed by atoms with Crippen molar-refractivity contribution in [2.24, 2.45) is 0 Å². The van der Waals surface area contributed by atoms with E-state index in [0.29, 0.717) is 5.75 Å². The third kappa shape index (κ3) is 4.53. The molecule has 2 atom stereocenters. The molecule has 4 nitrogen and oxygen atoms in total. The highest BCUT2D eigenvalue weighted by atomic mass is 16.3. The van der Waals surface area contributed by atoms with Crippen LogP contribution in [0.15, 0.2) is 24.3 Å². The smallest absolute Gasteiger partial charge is 0.237 e. The Morgan fingerprint density at radius 1 is 1.40 bits per heavy atom. The number of nitrogens with one attached hydrogen (secondary N) is 2. The van der Waals surface area contributed by atoms with Crippen molar-refractivity contribution >= 4 is 5.91 Å². The normalized spacial score (nSPS) is 20.4. The first kappa shape index (κ1) is 14.9. The largest absolute Gasteiger partial charge is 0.508 e. The van der Waals surface area contributed by atoms with Crippen LogP contribution < -0.4 is 10.6 Å². The molecule has 0 bridgehead atoms. The van der Waals surface area contributed by atoms with Gasteiger partial charge in [-0.15, -0.1) is 0 Å². The second-order valence-electron chi connectivity index (χ2n) is 5.62. The molecule has 2 rings (SSSR count). The molecule has 0 saturated carbocycles. The third-order valence-corrected chi connectivity index (χ3v) is 3.82. The van der Waals surface area contributed by atoms with Gasteiger partial charge in [0.2, 0.25) is 5.91 Å². The molecule has 0 spiro atoms. The highest BCUT2D eigenvalue weighted by Gasteiger charge is 2.21. The Morgan fingerprint density at radius 3 is 2.80 bits per heavy atom. The average molecular weight is 276 g/mol. The van der Waals surface area contributed by atoms with Crippen molar-refractivity contribution in [3.8, 4) is 5.75 Å². The molecule has 1 aromatic carbocycles. The van der Waals surface area contributed by atoms with Gasteiger partial charge in [-0.05, 0) is 56.8 Å². The number of aryl methyl sites for hydroxylation is 1. The van der Waals surface area contributed by atoms with Crippen molar-refractivity contribution in [2.75, 3.05) is 6.54 Å². The van der Waals surface area contributed by atoms with E-state index in [0.717, 1.165) is 32.2 Å². The number of phenols is 1. The summed E-state index contributed by atoms with van der Waals surface area (Å²) in [5.74, 6) is 0.418.